The van der Waals surface area contributed by atoms with Gasteiger partial charge >= 0.3 is 0 Å². The number of piperazine rings is 1. The third-order valence-electron chi connectivity index (χ3n) is 4.98. The molecular weight excluding hydrogens is 395 g/mol. The molecule has 1 saturated heterocycles. The molecule has 8 heteroatoms. The van der Waals surface area contributed by atoms with Gasteiger partial charge < -0.3 is 10.6 Å². The van der Waals surface area contributed by atoms with E-state index in [-0.39, 0.29) is 24.0 Å². The van der Waals surface area contributed by atoms with E-state index in [2.05, 4.69) is 10.6 Å². The lowest BCUT2D eigenvalue weighted by atomic mass is 10.2. The number of nitrogens with zero attached hydrogens (tertiary/aromatic N) is 2. The number of carbonyl (C=O) groups is 2. The van der Waals surface area contributed by atoms with E-state index in [1.54, 1.807) is 37.3 Å². The fourth-order valence-electron chi connectivity index (χ4n) is 3.23. The molecule has 1 aliphatic heterocycles. The van der Waals surface area contributed by atoms with Crippen LogP contribution in [0.1, 0.15) is 6.92 Å². The Morgan fingerprint density at radius 1 is 1.00 bits per heavy atom. The average Bonchev–Trinajstić information content (AvgIpc) is 2.71. The van der Waals surface area contributed by atoms with E-state index in [1.807, 2.05) is 15.9 Å². The summed E-state index contributed by atoms with van der Waals surface area (Å²) in [6.07, 6.45) is 0. The Hall–Kier alpha value is -2.48. The summed E-state index contributed by atoms with van der Waals surface area (Å²) < 4.78 is 13.7. The van der Waals surface area contributed by atoms with Crippen molar-refractivity contribution in [2.75, 3.05) is 43.4 Å². The summed E-state index contributed by atoms with van der Waals surface area (Å²) in [4.78, 5) is 28.8. The van der Waals surface area contributed by atoms with E-state index in [0.29, 0.717) is 36.9 Å². The first kappa shape index (κ1) is 21.2. The predicted molar refractivity (Wildman–Crippen MR) is 113 cm³/mol. The molecule has 1 aliphatic rings. The van der Waals surface area contributed by atoms with Gasteiger partial charge in [0.05, 0.1) is 29.0 Å². The van der Waals surface area contributed by atoms with E-state index in [9.17, 15) is 14.0 Å². The maximum atomic E-state index is 13.7. The molecule has 1 fully saturated rings. The van der Waals surface area contributed by atoms with Gasteiger partial charge in [0.2, 0.25) is 11.8 Å². The minimum atomic E-state index is -0.456. The van der Waals surface area contributed by atoms with Crippen molar-refractivity contribution < 1.29 is 14.0 Å². The molecule has 0 unspecified atom stereocenters. The molecule has 0 aliphatic carbocycles. The molecule has 1 atom stereocenters. The van der Waals surface area contributed by atoms with Crippen LogP contribution in [0.5, 0.6) is 0 Å². The zero-order valence-electron chi connectivity index (χ0n) is 16.2. The summed E-state index contributed by atoms with van der Waals surface area (Å²) in [6.45, 7) is 4.67. The van der Waals surface area contributed by atoms with Crippen LogP contribution in [0.15, 0.2) is 48.5 Å². The summed E-state index contributed by atoms with van der Waals surface area (Å²) in [6, 6.07) is 12.8. The second-order valence-corrected chi connectivity index (χ2v) is 7.39. The molecular formula is C21H24ClFN4O2. The lowest BCUT2D eigenvalue weighted by Crippen LogP contribution is -2.53. The molecule has 0 radical (unpaired) electrons. The maximum absolute atomic E-state index is 13.7. The molecule has 0 saturated carbocycles. The number of benzene rings is 2. The molecule has 0 bridgehead atoms. The maximum Gasteiger partial charge on any atom is 0.241 e. The van der Waals surface area contributed by atoms with E-state index in [0.717, 1.165) is 0 Å². The number of hydrogen-bond donors (Lipinski definition) is 2. The Kier molecular flexibility index (Phi) is 7.19. The molecule has 0 spiro atoms. The molecule has 29 heavy (non-hydrogen) atoms. The Morgan fingerprint density at radius 3 is 2.28 bits per heavy atom. The molecule has 3 rings (SSSR count). The van der Waals surface area contributed by atoms with Crippen LogP contribution in [0.3, 0.4) is 0 Å². The second-order valence-electron chi connectivity index (χ2n) is 6.99. The van der Waals surface area contributed by atoms with Gasteiger partial charge in [0, 0.05) is 26.2 Å². The van der Waals surface area contributed by atoms with Crippen LogP contribution < -0.4 is 10.6 Å². The third kappa shape index (κ3) is 5.76. The highest BCUT2D eigenvalue weighted by Gasteiger charge is 2.26. The summed E-state index contributed by atoms with van der Waals surface area (Å²) >= 11 is 6.07. The third-order valence-corrected chi connectivity index (χ3v) is 5.31. The van der Waals surface area contributed by atoms with E-state index in [1.165, 1.54) is 12.1 Å². The number of rotatable bonds is 6. The molecule has 2 amide bonds. The van der Waals surface area contributed by atoms with Crippen LogP contribution >= 0.6 is 11.6 Å². The molecule has 0 aromatic heterocycles. The van der Waals surface area contributed by atoms with Crippen LogP contribution in [0.4, 0.5) is 15.8 Å². The van der Waals surface area contributed by atoms with Crippen molar-refractivity contribution in [2.45, 2.75) is 13.0 Å². The standard InChI is InChI=1S/C21H24ClFN4O2/c1-15(21(29)25-19-9-5-3-7-17(19)23)27-12-10-26(11-13-27)14-20(28)24-18-8-4-2-6-16(18)22/h2-9,15H,10-14H2,1H3,(H,24,28)(H,25,29)/t15-/m1/s1. The van der Waals surface area contributed by atoms with Crippen LogP contribution in [-0.2, 0) is 9.59 Å². The first-order chi connectivity index (χ1) is 13.9. The second kappa shape index (κ2) is 9.82. The van der Waals surface area contributed by atoms with Crippen molar-refractivity contribution >= 4 is 34.8 Å². The van der Waals surface area contributed by atoms with Gasteiger partial charge in [-0.05, 0) is 31.2 Å². The summed E-state index contributed by atoms with van der Waals surface area (Å²) in [5.74, 6) is -0.834. The zero-order chi connectivity index (χ0) is 20.8. The number of halogens is 2. The quantitative estimate of drug-likeness (QED) is 0.756. The highest BCUT2D eigenvalue weighted by atomic mass is 35.5. The largest absolute Gasteiger partial charge is 0.324 e. The minimum Gasteiger partial charge on any atom is -0.324 e. The van der Waals surface area contributed by atoms with Gasteiger partial charge in [-0.1, -0.05) is 35.9 Å². The van der Waals surface area contributed by atoms with Gasteiger partial charge in [0.15, 0.2) is 0 Å². The van der Waals surface area contributed by atoms with Crippen molar-refractivity contribution in [1.29, 1.82) is 0 Å². The Bertz CT molecular complexity index is 871. The first-order valence-electron chi connectivity index (χ1n) is 9.50. The molecule has 1 heterocycles. The Labute approximate surface area is 174 Å². The van der Waals surface area contributed by atoms with Crippen molar-refractivity contribution in [1.82, 2.24) is 9.80 Å². The average molecular weight is 419 g/mol. The molecule has 2 N–H and O–H groups in total. The van der Waals surface area contributed by atoms with Crippen molar-refractivity contribution in [3.8, 4) is 0 Å². The van der Waals surface area contributed by atoms with Gasteiger partial charge in [0.1, 0.15) is 5.82 Å². The number of para-hydroxylation sites is 2. The summed E-state index contributed by atoms with van der Waals surface area (Å²) in [5, 5.41) is 5.95. The minimum absolute atomic E-state index is 0.128. The number of hydrogen-bond acceptors (Lipinski definition) is 4. The Morgan fingerprint density at radius 2 is 1.62 bits per heavy atom. The molecule has 154 valence electrons. The lowest BCUT2D eigenvalue weighted by Gasteiger charge is -2.37. The highest BCUT2D eigenvalue weighted by molar-refractivity contribution is 6.33. The van der Waals surface area contributed by atoms with Crippen LogP contribution in [-0.4, -0.2) is 60.4 Å². The molecule has 2 aromatic rings. The number of anilines is 2. The fourth-order valence-corrected chi connectivity index (χ4v) is 3.41. The van der Waals surface area contributed by atoms with Crippen molar-refractivity contribution in [3.63, 3.8) is 0 Å². The van der Waals surface area contributed by atoms with Gasteiger partial charge in [-0.25, -0.2) is 4.39 Å². The van der Waals surface area contributed by atoms with Crippen LogP contribution in [0.25, 0.3) is 0 Å². The number of carbonyl (C=O) groups excluding carboxylic acids is 2. The van der Waals surface area contributed by atoms with E-state index >= 15 is 0 Å². The first-order valence-corrected chi connectivity index (χ1v) is 9.88. The molecule has 6 nitrogen and oxygen atoms in total. The van der Waals surface area contributed by atoms with Crippen LogP contribution in [0.2, 0.25) is 5.02 Å². The van der Waals surface area contributed by atoms with Gasteiger partial charge in [-0.2, -0.15) is 0 Å². The van der Waals surface area contributed by atoms with Crippen LogP contribution in [0, 0.1) is 5.82 Å². The normalized spacial score (nSPS) is 16.2. The van der Waals surface area contributed by atoms with Crippen molar-refractivity contribution in [2.24, 2.45) is 0 Å². The Balaban J connectivity index is 1.46. The zero-order valence-corrected chi connectivity index (χ0v) is 17.0. The van der Waals surface area contributed by atoms with Gasteiger partial charge in [-0.15, -0.1) is 0 Å². The fraction of sp³-hybridized carbons (Fsp3) is 0.333. The summed E-state index contributed by atoms with van der Waals surface area (Å²) in [7, 11) is 0. The van der Waals surface area contributed by atoms with Gasteiger partial charge in [0.25, 0.3) is 0 Å². The number of amides is 2. The lowest BCUT2D eigenvalue weighted by molar-refractivity contribution is -0.122. The topological polar surface area (TPSA) is 64.7 Å². The van der Waals surface area contributed by atoms with E-state index < -0.39 is 11.9 Å². The van der Waals surface area contributed by atoms with Gasteiger partial charge in [-0.3, -0.25) is 19.4 Å². The SMILES string of the molecule is C[C@H](C(=O)Nc1ccccc1F)N1CCN(CC(=O)Nc2ccccc2Cl)CC1. The smallest absolute Gasteiger partial charge is 0.241 e. The summed E-state index contributed by atoms with van der Waals surface area (Å²) in [5.41, 5.74) is 0.774. The molecule has 2 aromatic carbocycles. The number of nitrogens with one attached hydrogen (secondary N) is 2. The monoisotopic (exact) mass is 418 g/mol. The van der Waals surface area contributed by atoms with E-state index in [4.69, 9.17) is 11.6 Å². The predicted octanol–water partition coefficient (Wildman–Crippen LogP) is 3.06. The van der Waals surface area contributed by atoms with Crippen molar-refractivity contribution in [3.05, 3.63) is 59.4 Å². The highest BCUT2D eigenvalue weighted by Crippen LogP contribution is 2.20.